The van der Waals surface area contributed by atoms with E-state index >= 15 is 0 Å². The van der Waals surface area contributed by atoms with Gasteiger partial charge in [0.1, 0.15) is 5.82 Å². The molecule has 0 radical (unpaired) electrons. The van der Waals surface area contributed by atoms with E-state index in [1.165, 1.54) is 11.3 Å². The van der Waals surface area contributed by atoms with E-state index < -0.39 is 0 Å². The van der Waals surface area contributed by atoms with Crippen LogP contribution in [0.25, 0.3) is 0 Å². The first kappa shape index (κ1) is 16.5. The summed E-state index contributed by atoms with van der Waals surface area (Å²) in [5.74, 6) is 1.77. The van der Waals surface area contributed by atoms with Gasteiger partial charge >= 0.3 is 0 Å². The van der Waals surface area contributed by atoms with Crippen LogP contribution in [0.2, 0.25) is 0 Å². The minimum absolute atomic E-state index is 0.0323. The van der Waals surface area contributed by atoms with Crippen LogP contribution in [0.4, 0.5) is 0 Å². The second-order valence-electron chi connectivity index (χ2n) is 5.39. The number of thioether (sulfide) groups is 1. The topological polar surface area (TPSA) is 69.0 Å². The van der Waals surface area contributed by atoms with Crippen molar-refractivity contribution in [2.45, 2.75) is 30.5 Å². The van der Waals surface area contributed by atoms with Crippen molar-refractivity contribution in [2.75, 3.05) is 18.9 Å². The molecule has 2 aromatic rings. The number of amides is 1. The Bertz CT molecular complexity index is 636. The van der Waals surface area contributed by atoms with Crippen LogP contribution in [0.5, 0.6) is 0 Å². The zero-order chi connectivity index (χ0) is 16.1. The molecule has 1 N–H and O–H groups in total. The zero-order valence-corrected chi connectivity index (χ0v) is 14.7. The predicted molar refractivity (Wildman–Crippen MR) is 91.1 cm³/mol. The lowest BCUT2D eigenvalue weighted by molar-refractivity contribution is 0.0958. The Kier molecular flexibility index (Phi) is 5.69. The van der Waals surface area contributed by atoms with Crippen molar-refractivity contribution < 1.29 is 9.53 Å². The van der Waals surface area contributed by atoms with E-state index in [9.17, 15) is 4.79 Å². The van der Waals surface area contributed by atoms with Gasteiger partial charge in [-0.05, 0) is 24.3 Å². The summed E-state index contributed by atoms with van der Waals surface area (Å²) in [6.07, 6.45) is 3.29. The number of nitrogens with one attached hydrogen (secondary N) is 1. The molecular weight excluding hydrogens is 332 g/mol. The molecule has 3 rings (SSSR count). The lowest BCUT2D eigenvalue weighted by Gasteiger charge is -2.08. The molecule has 8 heteroatoms. The highest BCUT2D eigenvalue weighted by Crippen LogP contribution is 2.22. The average Bonchev–Trinajstić information content (AvgIpc) is 3.29. The van der Waals surface area contributed by atoms with Gasteiger partial charge in [0.25, 0.3) is 5.91 Å². The maximum atomic E-state index is 11.9. The molecule has 0 unspecified atom stereocenters. The first-order valence-corrected chi connectivity index (χ1v) is 9.55. The molecule has 0 aromatic carbocycles. The van der Waals surface area contributed by atoms with Crippen LogP contribution in [-0.4, -0.2) is 45.7 Å². The van der Waals surface area contributed by atoms with E-state index in [0.717, 1.165) is 41.1 Å². The first-order valence-electron chi connectivity index (χ1n) is 7.68. The smallest absolute Gasteiger partial charge is 0.261 e. The number of rotatable bonds is 7. The van der Waals surface area contributed by atoms with Gasteiger partial charge < -0.3 is 14.6 Å². The van der Waals surface area contributed by atoms with Gasteiger partial charge in [-0.3, -0.25) is 4.79 Å². The third kappa shape index (κ3) is 4.33. The molecule has 124 valence electrons. The second kappa shape index (κ2) is 7.94. The molecule has 1 aliphatic heterocycles. The second-order valence-corrected chi connectivity index (χ2v) is 7.32. The molecule has 1 aliphatic rings. The van der Waals surface area contributed by atoms with Crippen LogP contribution in [0, 0.1) is 0 Å². The Morgan fingerprint density at radius 1 is 1.57 bits per heavy atom. The molecule has 0 aliphatic carbocycles. The quantitative estimate of drug-likeness (QED) is 0.773. The van der Waals surface area contributed by atoms with Crippen LogP contribution in [0.1, 0.15) is 28.3 Å². The van der Waals surface area contributed by atoms with Crippen molar-refractivity contribution in [1.29, 1.82) is 0 Å². The fourth-order valence-corrected chi connectivity index (χ4v) is 4.05. The van der Waals surface area contributed by atoms with Crippen LogP contribution in [0.15, 0.2) is 22.7 Å². The van der Waals surface area contributed by atoms with Crippen molar-refractivity contribution >= 4 is 29.0 Å². The number of hydrogen-bond acceptors (Lipinski definition) is 6. The highest BCUT2D eigenvalue weighted by Gasteiger charge is 2.18. The van der Waals surface area contributed by atoms with Crippen LogP contribution >= 0.6 is 23.1 Å². The van der Waals surface area contributed by atoms with Crippen molar-refractivity contribution in [3.05, 3.63) is 28.2 Å². The number of ether oxygens (including phenoxy) is 1. The molecular formula is C15H20N4O2S2. The number of hydrogen-bond donors (Lipinski definition) is 1. The maximum absolute atomic E-state index is 11.9. The fourth-order valence-electron chi connectivity index (χ4n) is 2.41. The molecule has 6 nitrogen and oxygen atoms in total. The maximum Gasteiger partial charge on any atom is 0.261 e. The number of aromatic nitrogens is 3. The van der Waals surface area contributed by atoms with E-state index in [1.54, 1.807) is 11.8 Å². The van der Waals surface area contributed by atoms with Gasteiger partial charge in [-0.1, -0.05) is 17.8 Å². The van der Waals surface area contributed by atoms with Gasteiger partial charge in [-0.15, -0.1) is 21.5 Å². The Hall–Kier alpha value is -1.38. The van der Waals surface area contributed by atoms with Crippen molar-refractivity contribution in [3.63, 3.8) is 0 Å². The highest BCUT2D eigenvalue weighted by atomic mass is 32.2. The Balaban J connectivity index is 1.46. The van der Waals surface area contributed by atoms with Crippen molar-refractivity contribution in [2.24, 2.45) is 7.05 Å². The largest absolute Gasteiger partial charge is 0.377 e. The summed E-state index contributed by atoms with van der Waals surface area (Å²) in [5.41, 5.74) is 0. The third-order valence-corrected chi connectivity index (χ3v) is 5.75. The highest BCUT2D eigenvalue weighted by molar-refractivity contribution is 7.99. The van der Waals surface area contributed by atoms with Crippen LogP contribution < -0.4 is 5.32 Å². The van der Waals surface area contributed by atoms with E-state index in [1.807, 2.05) is 29.1 Å². The summed E-state index contributed by atoms with van der Waals surface area (Å²) in [4.78, 5) is 12.6. The minimum Gasteiger partial charge on any atom is -0.377 e. The van der Waals surface area contributed by atoms with Crippen LogP contribution in [0.3, 0.4) is 0 Å². The summed E-state index contributed by atoms with van der Waals surface area (Å²) in [6.45, 7) is 1.43. The van der Waals surface area contributed by atoms with Crippen molar-refractivity contribution in [1.82, 2.24) is 20.1 Å². The van der Waals surface area contributed by atoms with E-state index in [-0.39, 0.29) is 5.91 Å². The minimum atomic E-state index is -0.0323. The molecule has 3 heterocycles. The third-order valence-electron chi connectivity index (χ3n) is 3.73. The SMILES string of the molecule is Cn1c(CCNC(=O)c2cccs2)nnc1SC[C@H]1CCCO1. The van der Waals surface area contributed by atoms with Gasteiger partial charge in [0.2, 0.25) is 0 Å². The number of carbonyl (C=O) groups is 1. The average molecular weight is 352 g/mol. The van der Waals surface area contributed by atoms with Gasteiger partial charge in [-0.2, -0.15) is 0 Å². The molecule has 0 spiro atoms. The summed E-state index contributed by atoms with van der Waals surface area (Å²) >= 11 is 3.12. The molecule has 1 saturated heterocycles. The first-order chi connectivity index (χ1) is 11.2. The van der Waals surface area contributed by atoms with Gasteiger partial charge in [0, 0.05) is 32.4 Å². The Morgan fingerprint density at radius 3 is 3.22 bits per heavy atom. The van der Waals surface area contributed by atoms with E-state index in [0.29, 0.717) is 19.1 Å². The van der Waals surface area contributed by atoms with Crippen LogP contribution in [-0.2, 0) is 18.2 Å². The standard InChI is InChI=1S/C15H20N4O2S2/c1-19-13(6-7-16-14(20)12-5-3-9-22-12)17-18-15(19)23-10-11-4-2-8-21-11/h3,5,9,11H,2,4,6-8,10H2,1H3,(H,16,20)/t11-/m1/s1. The van der Waals surface area contributed by atoms with Crippen molar-refractivity contribution in [3.8, 4) is 0 Å². The van der Waals surface area contributed by atoms with Gasteiger partial charge in [0.15, 0.2) is 5.16 Å². The zero-order valence-electron chi connectivity index (χ0n) is 13.0. The summed E-state index contributed by atoms with van der Waals surface area (Å²) in [7, 11) is 1.97. The number of nitrogens with zero attached hydrogens (tertiary/aromatic N) is 3. The molecule has 0 bridgehead atoms. The normalized spacial score (nSPS) is 17.5. The summed E-state index contributed by atoms with van der Waals surface area (Å²) in [5, 5.41) is 14.2. The molecule has 1 atom stereocenters. The lowest BCUT2D eigenvalue weighted by atomic mass is 10.3. The number of carbonyl (C=O) groups excluding carboxylic acids is 1. The molecule has 1 amide bonds. The van der Waals surface area contributed by atoms with E-state index in [2.05, 4.69) is 15.5 Å². The number of thiophene rings is 1. The Morgan fingerprint density at radius 2 is 2.48 bits per heavy atom. The van der Waals surface area contributed by atoms with E-state index in [4.69, 9.17) is 4.74 Å². The Labute approximate surface area is 143 Å². The predicted octanol–water partition coefficient (Wildman–Crippen LogP) is 2.12. The molecule has 1 fully saturated rings. The van der Waals surface area contributed by atoms with Gasteiger partial charge in [-0.25, -0.2) is 0 Å². The summed E-state index contributed by atoms with van der Waals surface area (Å²) < 4.78 is 7.62. The molecule has 23 heavy (non-hydrogen) atoms. The lowest BCUT2D eigenvalue weighted by Crippen LogP contribution is -2.25. The monoisotopic (exact) mass is 352 g/mol. The molecule has 0 saturated carbocycles. The molecule has 2 aromatic heterocycles. The summed E-state index contributed by atoms with van der Waals surface area (Å²) in [6, 6.07) is 3.70. The van der Waals surface area contributed by atoms with Gasteiger partial charge in [0.05, 0.1) is 11.0 Å². The fraction of sp³-hybridized carbons (Fsp3) is 0.533.